The van der Waals surface area contributed by atoms with Crippen LogP contribution in [0.2, 0.25) is 0 Å². The number of nitrogens with zero attached hydrogens (tertiary/aromatic N) is 1. The number of amides is 1. The Morgan fingerprint density at radius 3 is 2.48 bits per heavy atom. The van der Waals surface area contributed by atoms with E-state index in [0.717, 1.165) is 18.4 Å². The molecule has 0 spiro atoms. The lowest BCUT2D eigenvalue weighted by Gasteiger charge is -2.25. The summed E-state index contributed by atoms with van der Waals surface area (Å²) in [6, 6.07) is 7.70. The second-order valence-electron chi connectivity index (χ2n) is 5.48. The highest BCUT2D eigenvalue weighted by atomic mass is 16.5. The molecular weight excluding hydrogens is 270 g/mol. The summed E-state index contributed by atoms with van der Waals surface area (Å²) in [5, 5.41) is 8.78. The molecule has 5 nitrogen and oxygen atoms in total. The Bertz CT molecular complexity index is 508. The fraction of sp³-hybridized carbons (Fsp3) is 0.500. The first-order valence-electron chi connectivity index (χ1n) is 7.23. The Hall–Kier alpha value is -2.04. The summed E-state index contributed by atoms with van der Waals surface area (Å²) in [7, 11) is 0. The summed E-state index contributed by atoms with van der Waals surface area (Å²) < 4.78 is 5.66. The van der Waals surface area contributed by atoms with Crippen LogP contribution in [0.15, 0.2) is 24.3 Å². The van der Waals surface area contributed by atoms with Gasteiger partial charge in [-0.1, -0.05) is 17.7 Å². The van der Waals surface area contributed by atoms with E-state index in [0.29, 0.717) is 5.75 Å². The minimum atomic E-state index is -0.888. The van der Waals surface area contributed by atoms with Gasteiger partial charge in [0.15, 0.2) is 6.10 Å². The summed E-state index contributed by atoms with van der Waals surface area (Å²) in [5.41, 5.74) is 1.13. The topological polar surface area (TPSA) is 66.8 Å². The summed E-state index contributed by atoms with van der Waals surface area (Å²) in [6.07, 6.45) is 1.26. The number of carbonyl (C=O) groups is 2. The quantitative estimate of drug-likeness (QED) is 0.836. The van der Waals surface area contributed by atoms with Crippen molar-refractivity contribution in [2.24, 2.45) is 0 Å². The predicted octanol–water partition coefficient (Wildman–Crippen LogP) is 2.23. The number of aliphatic carboxylic acids is 1. The second-order valence-corrected chi connectivity index (χ2v) is 5.48. The van der Waals surface area contributed by atoms with Crippen LogP contribution >= 0.6 is 0 Å². The Balaban J connectivity index is 1.95. The molecular formula is C16H21NO4. The van der Waals surface area contributed by atoms with Gasteiger partial charge < -0.3 is 14.7 Å². The smallest absolute Gasteiger partial charge is 0.305 e. The number of carboxylic acid groups (broad SMARTS) is 1. The van der Waals surface area contributed by atoms with E-state index in [-0.39, 0.29) is 24.9 Å². The monoisotopic (exact) mass is 291 g/mol. The minimum absolute atomic E-state index is 0.0283. The third-order valence-electron chi connectivity index (χ3n) is 3.52. The number of benzene rings is 1. The zero-order valence-corrected chi connectivity index (χ0v) is 12.4. The number of aryl methyl sites for hydroxylation is 1. The van der Waals surface area contributed by atoms with Crippen molar-refractivity contribution >= 4 is 11.9 Å². The summed E-state index contributed by atoms with van der Waals surface area (Å²) in [6.45, 7) is 3.94. The van der Waals surface area contributed by atoms with Gasteiger partial charge in [0, 0.05) is 12.6 Å². The van der Waals surface area contributed by atoms with E-state index in [1.54, 1.807) is 11.8 Å². The van der Waals surface area contributed by atoms with Crippen LogP contribution in [0.3, 0.4) is 0 Å². The first-order valence-corrected chi connectivity index (χ1v) is 7.23. The molecule has 1 aromatic carbocycles. The van der Waals surface area contributed by atoms with E-state index in [1.165, 1.54) is 0 Å². The van der Waals surface area contributed by atoms with Crippen LogP contribution in [-0.4, -0.2) is 40.6 Å². The van der Waals surface area contributed by atoms with Gasteiger partial charge in [-0.25, -0.2) is 0 Å². The molecule has 1 aromatic rings. The van der Waals surface area contributed by atoms with Crippen LogP contribution in [0.1, 0.15) is 31.7 Å². The molecule has 1 saturated carbocycles. The van der Waals surface area contributed by atoms with E-state index in [1.807, 2.05) is 31.2 Å². The Morgan fingerprint density at radius 2 is 1.95 bits per heavy atom. The molecule has 1 amide bonds. The molecule has 0 aliphatic heterocycles. The van der Waals surface area contributed by atoms with Crippen LogP contribution < -0.4 is 4.74 Å². The van der Waals surface area contributed by atoms with Gasteiger partial charge in [0.1, 0.15) is 5.75 Å². The van der Waals surface area contributed by atoms with Crippen LogP contribution in [0.4, 0.5) is 0 Å². The van der Waals surface area contributed by atoms with Gasteiger partial charge in [-0.05, 0) is 38.8 Å². The molecule has 5 heteroatoms. The fourth-order valence-corrected chi connectivity index (χ4v) is 2.18. The second kappa shape index (κ2) is 6.61. The number of ether oxygens (including phenoxy) is 1. The van der Waals surface area contributed by atoms with Crippen molar-refractivity contribution in [2.75, 3.05) is 6.54 Å². The van der Waals surface area contributed by atoms with Crippen molar-refractivity contribution in [3.63, 3.8) is 0 Å². The Kier molecular flexibility index (Phi) is 4.83. The van der Waals surface area contributed by atoms with Gasteiger partial charge in [-0.2, -0.15) is 0 Å². The van der Waals surface area contributed by atoms with Crippen LogP contribution in [0, 0.1) is 6.92 Å². The van der Waals surface area contributed by atoms with Crippen LogP contribution in [-0.2, 0) is 9.59 Å². The molecule has 1 N–H and O–H groups in total. The van der Waals surface area contributed by atoms with Crippen molar-refractivity contribution < 1.29 is 19.4 Å². The molecule has 0 bridgehead atoms. The van der Waals surface area contributed by atoms with E-state index in [4.69, 9.17) is 9.84 Å². The largest absolute Gasteiger partial charge is 0.481 e. The predicted molar refractivity (Wildman–Crippen MR) is 78.3 cm³/mol. The lowest BCUT2D eigenvalue weighted by Crippen LogP contribution is -2.42. The fourth-order valence-electron chi connectivity index (χ4n) is 2.18. The maximum Gasteiger partial charge on any atom is 0.305 e. The van der Waals surface area contributed by atoms with E-state index >= 15 is 0 Å². The molecule has 1 fully saturated rings. The zero-order chi connectivity index (χ0) is 15.4. The first kappa shape index (κ1) is 15.4. The highest BCUT2D eigenvalue weighted by molar-refractivity contribution is 5.82. The minimum Gasteiger partial charge on any atom is -0.481 e. The average molecular weight is 291 g/mol. The zero-order valence-electron chi connectivity index (χ0n) is 12.4. The summed E-state index contributed by atoms with van der Waals surface area (Å²) in [4.78, 5) is 24.8. The summed E-state index contributed by atoms with van der Waals surface area (Å²) in [5.74, 6) is -0.379. The number of hydrogen-bond donors (Lipinski definition) is 1. The van der Waals surface area contributed by atoms with Gasteiger partial charge in [0.2, 0.25) is 0 Å². The molecule has 1 aliphatic rings. The first-order chi connectivity index (χ1) is 9.97. The van der Waals surface area contributed by atoms with E-state index in [9.17, 15) is 9.59 Å². The molecule has 0 aromatic heterocycles. The molecule has 2 rings (SSSR count). The van der Waals surface area contributed by atoms with E-state index < -0.39 is 12.1 Å². The molecule has 1 aliphatic carbocycles. The van der Waals surface area contributed by atoms with Gasteiger partial charge in [0.05, 0.1) is 6.42 Å². The average Bonchev–Trinajstić information content (AvgIpc) is 3.25. The van der Waals surface area contributed by atoms with Crippen LogP contribution in [0.5, 0.6) is 5.75 Å². The van der Waals surface area contributed by atoms with Gasteiger partial charge in [-0.3, -0.25) is 9.59 Å². The maximum absolute atomic E-state index is 12.4. The van der Waals surface area contributed by atoms with Gasteiger partial charge >= 0.3 is 5.97 Å². The normalized spacial score (nSPS) is 15.3. The maximum atomic E-state index is 12.4. The summed E-state index contributed by atoms with van der Waals surface area (Å²) >= 11 is 0. The van der Waals surface area contributed by atoms with Crippen molar-refractivity contribution in [3.05, 3.63) is 29.8 Å². The molecule has 0 heterocycles. The Labute approximate surface area is 124 Å². The number of carbonyl (C=O) groups excluding carboxylic acids is 1. The standard InChI is InChI=1S/C16H21NO4/c1-11-3-7-14(8-4-11)21-12(2)16(20)17(13-5-6-13)10-9-15(18)19/h3-4,7-8,12-13H,5-6,9-10H2,1-2H3,(H,18,19). The lowest BCUT2D eigenvalue weighted by atomic mass is 10.2. The molecule has 0 saturated heterocycles. The third kappa shape index (κ3) is 4.48. The lowest BCUT2D eigenvalue weighted by molar-refractivity contribution is -0.141. The van der Waals surface area contributed by atoms with E-state index in [2.05, 4.69) is 0 Å². The number of hydrogen-bond acceptors (Lipinski definition) is 3. The Morgan fingerprint density at radius 1 is 1.33 bits per heavy atom. The molecule has 1 atom stereocenters. The third-order valence-corrected chi connectivity index (χ3v) is 3.52. The van der Waals surface area contributed by atoms with Crippen molar-refractivity contribution in [3.8, 4) is 5.75 Å². The van der Waals surface area contributed by atoms with Crippen LogP contribution in [0.25, 0.3) is 0 Å². The molecule has 0 radical (unpaired) electrons. The van der Waals surface area contributed by atoms with Crippen molar-refractivity contribution in [2.45, 2.75) is 45.3 Å². The molecule has 114 valence electrons. The number of carboxylic acids is 1. The highest BCUT2D eigenvalue weighted by Gasteiger charge is 2.35. The SMILES string of the molecule is Cc1ccc(OC(C)C(=O)N(CCC(=O)O)C2CC2)cc1. The highest BCUT2D eigenvalue weighted by Crippen LogP contribution is 2.28. The molecule has 21 heavy (non-hydrogen) atoms. The molecule has 1 unspecified atom stereocenters. The van der Waals surface area contributed by atoms with Gasteiger partial charge in [-0.15, -0.1) is 0 Å². The van der Waals surface area contributed by atoms with Crippen molar-refractivity contribution in [1.82, 2.24) is 4.90 Å². The van der Waals surface area contributed by atoms with Crippen molar-refractivity contribution in [1.29, 1.82) is 0 Å². The number of rotatable bonds is 7. The van der Waals surface area contributed by atoms with Gasteiger partial charge in [0.25, 0.3) is 5.91 Å².